The molecular formula is C16H16ClN3O3S. The number of halogens is 1. The van der Waals surface area contributed by atoms with Crippen molar-refractivity contribution in [1.29, 1.82) is 0 Å². The summed E-state index contributed by atoms with van der Waals surface area (Å²) in [6.07, 6.45) is 0.870. The van der Waals surface area contributed by atoms with Crippen molar-refractivity contribution in [2.75, 3.05) is 22.7 Å². The number of carbonyl (C=O) groups is 1. The lowest BCUT2D eigenvalue weighted by atomic mass is 10.2. The van der Waals surface area contributed by atoms with Crippen molar-refractivity contribution in [3.05, 3.63) is 53.6 Å². The number of nitrogens with one attached hydrogen (secondary N) is 2. The Morgan fingerprint density at radius 1 is 1.12 bits per heavy atom. The highest BCUT2D eigenvalue weighted by Gasteiger charge is 2.19. The van der Waals surface area contributed by atoms with Gasteiger partial charge in [0.05, 0.1) is 4.90 Å². The van der Waals surface area contributed by atoms with E-state index in [9.17, 15) is 13.2 Å². The number of hydrogen-bond donors (Lipinski definition) is 2. The van der Waals surface area contributed by atoms with Crippen LogP contribution >= 0.6 is 11.6 Å². The first-order valence-corrected chi connectivity index (χ1v) is 9.26. The highest BCUT2D eigenvalue weighted by atomic mass is 35.5. The van der Waals surface area contributed by atoms with Crippen LogP contribution in [0.4, 0.5) is 16.2 Å². The van der Waals surface area contributed by atoms with Crippen LogP contribution < -0.4 is 14.9 Å². The Labute approximate surface area is 145 Å². The zero-order valence-corrected chi connectivity index (χ0v) is 14.3. The standard InChI is InChI=1S/C16H16ClN3O3S/c17-12-3-1-4-15(11-12)24(22,23)19-13-5-7-14(8-6-13)20-10-2-9-18-16(20)21/h1,3-8,11,19H,2,9-10H2,(H,18,21). The molecule has 2 amide bonds. The van der Waals surface area contributed by atoms with E-state index in [4.69, 9.17) is 11.6 Å². The summed E-state index contributed by atoms with van der Waals surface area (Å²) in [5.41, 5.74) is 1.13. The molecule has 1 saturated heterocycles. The minimum atomic E-state index is -3.71. The predicted octanol–water partition coefficient (Wildman–Crippen LogP) is 3.06. The van der Waals surface area contributed by atoms with Crippen molar-refractivity contribution in [3.63, 3.8) is 0 Å². The van der Waals surface area contributed by atoms with Gasteiger partial charge in [-0.05, 0) is 48.9 Å². The van der Waals surface area contributed by atoms with Crippen LogP contribution in [0.5, 0.6) is 0 Å². The Morgan fingerprint density at radius 3 is 2.54 bits per heavy atom. The first-order valence-electron chi connectivity index (χ1n) is 7.39. The maximum atomic E-state index is 12.3. The fourth-order valence-electron chi connectivity index (χ4n) is 2.43. The maximum Gasteiger partial charge on any atom is 0.321 e. The average molecular weight is 366 g/mol. The molecule has 0 radical (unpaired) electrons. The molecule has 2 N–H and O–H groups in total. The van der Waals surface area contributed by atoms with Crippen LogP contribution in [0, 0.1) is 0 Å². The summed E-state index contributed by atoms with van der Waals surface area (Å²) in [6, 6.07) is 12.6. The normalized spacial score (nSPS) is 15.0. The van der Waals surface area contributed by atoms with Crippen molar-refractivity contribution < 1.29 is 13.2 Å². The molecule has 0 unspecified atom stereocenters. The van der Waals surface area contributed by atoms with E-state index in [-0.39, 0.29) is 10.9 Å². The Hall–Kier alpha value is -2.25. The van der Waals surface area contributed by atoms with E-state index in [1.54, 1.807) is 41.3 Å². The molecule has 0 saturated carbocycles. The summed E-state index contributed by atoms with van der Waals surface area (Å²) in [7, 11) is -3.71. The molecule has 0 aliphatic carbocycles. The van der Waals surface area contributed by atoms with Crippen molar-refractivity contribution in [2.45, 2.75) is 11.3 Å². The molecule has 3 rings (SSSR count). The number of carbonyl (C=O) groups excluding carboxylic acids is 1. The van der Waals surface area contributed by atoms with E-state index in [2.05, 4.69) is 10.0 Å². The number of sulfonamides is 1. The average Bonchev–Trinajstić information content (AvgIpc) is 2.56. The third-order valence-electron chi connectivity index (χ3n) is 3.62. The Morgan fingerprint density at radius 2 is 1.88 bits per heavy atom. The largest absolute Gasteiger partial charge is 0.338 e. The van der Waals surface area contributed by atoms with Crippen molar-refractivity contribution in [2.24, 2.45) is 0 Å². The van der Waals surface area contributed by atoms with Gasteiger partial charge in [-0.3, -0.25) is 9.62 Å². The number of amides is 2. The van der Waals surface area contributed by atoms with Gasteiger partial charge >= 0.3 is 6.03 Å². The Kier molecular flexibility index (Phi) is 4.64. The Bertz CT molecular complexity index is 853. The highest BCUT2D eigenvalue weighted by molar-refractivity contribution is 7.92. The second-order valence-electron chi connectivity index (χ2n) is 5.35. The summed E-state index contributed by atoms with van der Waals surface area (Å²) in [5, 5.41) is 3.12. The molecule has 0 aromatic heterocycles. The summed E-state index contributed by atoms with van der Waals surface area (Å²) in [5.74, 6) is 0. The smallest absolute Gasteiger partial charge is 0.321 e. The lowest BCUT2D eigenvalue weighted by molar-refractivity contribution is 0.243. The van der Waals surface area contributed by atoms with Crippen LogP contribution in [-0.2, 0) is 10.0 Å². The zero-order valence-electron chi connectivity index (χ0n) is 12.7. The monoisotopic (exact) mass is 365 g/mol. The van der Waals surface area contributed by atoms with Crippen LogP contribution in [-0.4, -0.2) is 27.5 Å². The van der Waals surface area contributed by atoms with Crippen molar-refractivity contribution in [3.8, 4) is 0 Å². The van der Waals surface area contributed by atoms with Gasteiger partial charge in [0.25, 0.3) is 10.0 Å². The van der Waals surface area contributed by atoms with E-state index < -0.39 is 10.0 Å². The quantitative estimate of drug-likeness (QED) is 0.874. The van der Waals surface area contributed by atoms with Gasteiger partial charge in [0.15, 0.2) is 0 Å². The Balaban J connectivity index is 1.77. The molecule has 1 aliphatic rings. The lowest BCUT2D eigenvalue weighted by Crippen LogP contribution is -2.46. The van der Waals surface area contributed by atoms with Gasteiger partial charge in [0.1, 0.15) is 0 Å². The molecule has 0 bridgehead atoms. The number of nitrogens with zero attached hydrogens (tertiary/aromatic N) is 1. The van der Waals surface area contributed by atoms with Gasteiger partial charge in [0, 0.05) is 29.5 Å². The molecule has 8 heteroatoms. The number of urea groups is 1. The summed E-state index contributed by atoms with van der Waals surface area (Å²) < 4.78 is 27.2. The van der Waals surface area contributed by atoms with E-state index in [0.717, 1.165) is 12.1 Å². The second kappa shape index (κ2) is 6.70. The number of hydrogen-bond acceptors (Lipinski definition) is 3. The van der Waals surface area contributed by atoms with E-state index in [1.165, 1.54) is 12.1 Å². The van der Waals surface area contributed by atoms with Gasteiger partial charge in [-0.2, -0.15) is 0 Å². The first kappa shape index (κ1) is 16.6. The maximum absolute atomic E-state index is 12.3. The number of benzene rings is 2. The van der Waals surface area contributed by atoms with E-state index in [1.807, 2.05) is 0 Å². The molecule has 0 atom stereocenters. The summed E-state index contributed by atoms with van der Waals surface area (Å²) >= 11 is 5.84. The van der Waals surface area contributed by atoms with Crippen LogP contribution in [0.2, 0.25) is 5.02 Å². The van der Waals surface area contributed by atoms with Crippen molar-refractivity contribution in [1.82, 2.24) is 5.32 Å². The molecular weight excluding hydrogens is 350 g/mol. The van der Waals surface area contributed by atoms with E-state index >= 15 is 0 Å². The molecule has 24 heavy (non-hydrogen) atoms. The molecule has 6 nitrogen and oxygen atoms in total. The first-order chi connectivity index (χ1) is 11.5. The minimum Gasteiger partial charge on any atom is -0.338 e. The molecule has 1 heterocycles. The lowest BCUT2D eigenvalue weighted by Gasteiger charge is -2.27. The van der Waals surface area contributed by atoms with Crippen LogP contribution in [0.1, 0.15) is 6.42 Å². The fourth-order valence-corrected chi connectivity index (χ4v) is 3.79. The third-order valence-corrected chi connectivity index (χ3v) is 5.23. The van der Waals surface area contributed by atoms with Gasteiger partial charge in [-0.1, -0.05) is 17.7 Å². The van der Waals surface area contributed by atoms with Gasteiger partial charge < -0.3 is 5.32 Å². The predicted molar refractivity (Wildman–Crippen MR) is 94.1 cm³/mol. The topological polar surface area (TPSA) is 78.5 Å². The molecule has 1 aliphatic heterocycles. The van der Waals surface area contributed by atoms with Gasteiger partial charge in [-0.25, -0.2) is 13.2 Å². The fraction of sp³-hybridized carbons (Fsp3) is 0.188. The van der Waals surface area contributed by atoms with Crippen LogP contribution in [0.15, 0.2) is 53.4 Å². The molecule has 2 aromatic carbocycles. The summed E-state index contributed by atoms with van der Waals surface area (Å²) in [4.78, 5) is 13.5. The number of rotatable bonds is 4. The van der Waals surface area contributed by atoms with Crippen LogP contribution in [0.25, 0.3) is 0 Å². The minimum absolute atomic E-state index is 0.0921. The molecule has 1 fully saturated rings. The summed E-state index contributed by atoms with van der Waals surface area (Å²) in [6.45, 7) is 1.31. The van der Waals surface area contributed by atoms with Gasteiger partial charge in [0.2, 0.25) is 0 Å². The molecule has 2 aromatic rings. The van der Waals surface area contributed by atoms with Gasteiger partial charge in [-0.15, -0.1) is 0 Å². The SMILES string of the molecule is O=C1NCCCN1c1ccc(NS(=O)(=O)c2cccc(Cl)c2)cc1. The zero-order chi connectivity index (χ0) is 17.2. The van der Waals surface area contributed by atoms with E-state index in [0.29, 0.717) is 23.8 Å². The van der Waals surface area contributed by atoms with Crippen LogP contribution in [0.3, 0.4) is 0 Å². The highest BCUT2D eigenvalue weighted by Crippen LogP contribution is 2.23. The molecule has 0 spiro atoms. The number of anilines is 2. The molecule has 126 valence electrons. The third kappa shape index (κ3) is 3.63. The van der Waals surface area contributed by atoms with Crippen molar-refractivity contribution >= 4 is 39.0 Å². The second-order valence-corrected chi connectivity index (χ2v) is 7.47.